The van der Waals surface area contributed by atoms with Crippen molar-refractivity contribution in [2.45, 2.75) is 68.2 Å². The van der Waals surface area contributed by atoms with Crippen LogP contribution in [0.4, 0.5) is 0 Å². The van der Waals surface area contributed by atoms with Gasteiger partial charge in [0, 0.05) is 5.25 Å². The summed E-state index contributed by atoms with van der Waals surface area (Å²) in [6.07, 6.45) is 6.83. The van der Waals surface area contributed by atoms with Crippen molar-refractivity contribution < 1.29 is 19.1 Å². The van der Waals surface area contributed by atoms with E-state index in [-0.39, 0.29) is 24.0 Å². The second-order valence-corrected chi connectivity index (χ2v) is 7.19. The van der Waals surface area contributed by atoms with Crippen LogP contribution in [-0.4, -0.2) is 28.2 Å². The largest absolute Gasteiger partial charge is 0.458 e. The summed E-state index contributed by atoms with van der Waals surface area (Å²) in [6.45, 7) is 1.99. The van der Waals surface area contributed by atoms with Gasteiger partial charge in [-0.15, -0.1) is 0 Å². The number of cyclic esters (lactones) is 1. The highest BCUT2D eigenvalue weighted by Gasteiger charge is 2.65. The van der Waals surface area contributed by atoms with Gasteiger partial charge in [-0.25, -0.2) is 4.79 Å². The third-order valence-electron chi connectivity index (χ3n) is 4.43. The first kappa shape index (κ1) is 13.3. The molecule has 3 rings (SSSR count). The number of carbonyl (C=O) groups excluding carboxylic acids is 2. The van der Waals surface area contributed by atoms with E-state index in [1.165, 1.54) is 19.3 Å². The lowest BCUT2D eigenvalue weighted by Crippen LogP contribution is -2.38. The molecule has 1 aliphatic carbocycles. The van der Waals surface area contributed by atoms with Gasteiger partial charge in [-0.3, -0.25) is 4.79 Å². The first-order valence-corrected chi connectivity index (χ1v) is 8.14. The maximum Gasteiger partial charge on any atom is 0.362 e. The SMILES string of the molecule is CC[C@@H]1OC(=O)[C@]2(SC3CCCCC3)OC(=O)C[C@H]12. The molecule has 5 heteroatoms. The monoisotopic (exact) mass is 284 g/mol. The minimum atomic E-state index is -1.03. The fraction of sp³-hybridized carbons (Fsp3) is 0.857. The third-order valence-corrected chi connectivity index (χ3v) is 6.14. The van der Waals surface area contributed by atoms with Gasteiger partial charge >= 0.3 is 11.9 Å². The number of rotatable bonds is 3. The molecule has 2 heterocycles. The standard InChI is InChI=1S/C14H20O4S/c1-2-11-10-8-12(15)18-14(10,13(16)17-11)19-9-6-4-3-5-7-9/h9-11H,2-8H2,1H3/t10-,11+,14+/m1/s1. The highest BCUT2D eigenvalue weighted by molar-refractivity contribution is 8.01. The van der Waals surface area contributed by atoms with E-state index in [0.29, 0.717) is 11.7 Å². The second kappa shape index (κ2) is 5.00. The van der Waals surface area contributed by atoms with Crippen LogP contribution in [0.15, 0.2) is 0 Å². The Morgan fingerprint density at radius 3 is 2.68 bits per heavy atom. The minimum absolute atomic E-state index is 0.0931. The molecule has 0 aromatic rings. The van der Waals surface area contributed by atoms with E-state index >= 15 is 0 Å². The van der Waals surface area contributed by atoms with Crippen LogP contribution in [0.3, 0.4) is 0 Å². The van der Waals surface area contributed by atoms with Gasteiger partial charge in [0.25, 0.3) is 4.93 Å². The molecule has 1 saturated carbocycles. The molecule has 0 amide bonds. The predicted molar refractivity (Wildman–Crippen MR) is 71.6 cm³/mol. The van der Waals surface area contributed by atoms with Gasteiger partial charge in [-0.05, 0) is 19.3 Å². The average Bonchev–Trinajstić information content (AvgIpc) is 2.85. The molecule has 0 aromatic heterocycles. The molecule has 0 aromatic carbocycles. The summed E-state index contributed by atoms with van der Waals surface area (Å²) in [5.41, 5.74) is 0. The van der Waals surface area contributed by atoms with Gasteiger partial charge in [0.1, 0.15) is 6.10 Å². The van der Waals surface area contributed by atoms with Gasteiger partial charge in [-0.1, -0.05) is 37.9 Å². The molecule has 0 spiro atoms. The molecular weight excluding hydrogens is 264 g/mol. The van der Waals surface area contributed by atoms with Crippen molar-refractivity contribution >= 4 is 23.7 Å². The van der Waals surface area contributed by atoms with E-state index in [4.69, 9.17) is 9.47 Å². The van der Waals surface area contributed by atoms with E-state index in [9.17, 15) is 9.59 Å². The second-order valence-electron chi connectivity index (χ2n) is 5.68. The maximum atomic E-state index is 12.2. The molecule has 2 saturated heterocycles. The minimum Gasteiger partial charge on any atom is -0.458 e. The summed E-state index contributed by atoms with van der Waals surface area (Å²) in [6, 6.07) is 0. The molecule has 0 unspecified atom stereocenters. The topological polar surface area (TPSA) is 52.6 Å². The Morgan fingerprint density at radius 1 is 1.26 bits per heavy atom. The summed E-state index contributed by atoms with van der Waals surface area (Å²) >= 11 is 1.56. The van der Waals surface area contributed by atoms with Crippen molar-refractivity contribution in [2.75, 3.05) is 0 Å². The summed E-state index contributed by atoms with van der Waals surface area (Å²) in [5, 5.41) is 0.422. The van der Waals surface area contributed by atoms with E-state index in [1.54, 1.807) is 11.8 Å². The van der Waals surface area contributed by atoms with Crippen molar-refractivity contribution in [3.63, 3.8) is 0 Å². The molecule has 3 aliphatic rings. The smallest absolute Gasteiger partial charge is 0.362 e. The first-order valence-electron chi connectivity index (χ1n) is 7.26. The number of esters is 2. The average molecular weight is 284 g/mol. The van der Waals surface area contributed by atoms with Gasteiger partial charge in [-0.2, -0.15) is 0 Å². The number of fused-ring (bicyclic) bond motifs is 1. The van der Waals surface area contributed by atoms with Crippen molar-refractivity contribution in [2.24, 2.45) is 5.92 Å². The Bertz CT molecular complexity index is 391. The van der Waals surface area contributed by atoms with Crippen molar-refractivity contribution in [3.05, 3.63) is 0 Å². The highest BCUT2D eigenvalue weighted by atomic mass is 32.2. The summed E-state index contributed by atoms with van der Waals surface area (Å²) < 4.78 is 10.9. The number of hydrogen-bond acceptors (Lipinski definition) is 5. The fourth-order valence-corrected chi connectivity index (χ4v) is 5.19. The lowest BCUT2D eigenvalue weighted by atomic mass is 9.95. The van der Waals surface area contributed by atoms with Gasteiger partial charge in [0.2, 0.25) is 0 Å². The van der Waals surface area contributed by atoms with Crippen LogP contribution >= 0.6 is 11.8 Å². The lowest BCUT2D eigenvalue weighted by Gasteiger charge is -2.30. The summed E-state index contributed by atoms with van der Waals surface area (Å²) in [5.74, 6) is -0.668. The van der Waals surface area contributed by atoms with E-state index in [2.05, 4.69) is 0 Å². The van der Waals surface area contributed by atoms with Gasteiger partial charge in [0.15, 0.2) is 0 Å². The lowest BCUT2D eigenvalue weighted by molar-refractivity contribution is -0.160. The molecule has 106 valence electrons. The zero-order valence-corrected chi connectivity index (χ0v) is 12.0. The van der Waals surface area contributed by atoms with Crippen LogP contribution in [0.25, 0.3) is 0 Å². The van der Waals surface area contributed by atoms with Gasteiger partial charge in [0.05, 0.1) is 12.3 Å². The molecule has 19 heavy (non-hydrogen) atoms. The van der Waals surface area contributed by atoms with Crippen LogP contribution in [0.2, 0.25) is 0 Å². The van der Waals surface area contributed by atoms with Gasteiger partial charge < -0.3 is 9.47 Å². The van der Waals surface area contributed by atoms with Crippen LogP contribution in [-0.2, 0) is 19.1 Å². The van der Waals surface area contributed by atoms with Crippen molar-refractivity contribution in [1.29, 1.82) is 0 Å². The van der Waals surface area contributed by atoms with E-state index in [1.807, 2.05) is 6.92 Å². The van der Waals surface area contributed by atoms with Crippen molar-refractivity contribution in [1.82, 2.24) is 0 Å². The molecule has 2 aliphatic heterocycles. The van der Waals surface area contributed by atoms with Crippen LogP contribution in [0.5, 0.6) is 0 Å². The van der Waals surface area contributed by atoms with Crippen LogP contribution in [0, 0.1) is 5.92 Å². The number of ether oxygens (including phenoxy) is 2. The quantitative estimate of drug-likeness (QED) is 0.746. The van der Waals surface area contributed by atoms with E-state index in [0.717, 1.165) is 19.3 Å². The molecule has 3 atom stereocenters. The molecule has 4 nitrogen and oxygen atoms in total. The zero-order valence-electron chi connectivity index (χ0n) is 11.2. The zero-order chi connectivity index (χ0) is 13.5. The van der Waals surface area contributed by atoms with Crippen LogP contribution < -0.4 is 0 Å². The fourth-order valence-electron chi connectivity index (χ4n) is 3.43. The number of thioether (sulfide) groups is 1. The summed E-state index contributed by atoms with van der Waals surface area (Å²) in [7, 11) is 0. The van der Waals surface area contributed by atoms with E-state index < -0.39 is 4.93 Å². The van der Waals surface area contributed by atoms with Crippen LogP contribution in [0.1, 0.15) is 51.9 Å². The Morgan fingerprint density at radius 2 is 2.00 bits per heavy atom. The molecule has 0 N–H and O–H groups in total. The highest BCUT2D eigenvalue weighted by Crippen LogP contribution is 2.53. The molecule has 0 bridgehead atoms. The third kappa shape index (κ3) is 2.16. The maximum absolute atomic E-state index is 12.2. The number of hydrogen-bond donors (Lipinski definition) is 0. The molecular formula is C14H20O4S. The Hall–Kier alpha value is -0.710. The Balaban J connectivity index is 1.81. The Labute approximate surface area is 117 Å². The summed E-state index contributed by atoms with van der Waals surface area (Å²) in [4.78, 5) is 22.9. The van der Waals surface area contributed by atoms with Crippen molar-refractivity contribution in [3.8, 4) is 0 Å². The number of carbonyl (C=O) groups is 2. The molecule has 3 fully saturated rings. The predicted octanol–water partition coefficient (Wildman–Crippen LogP) is 2.65. The Kier molecular flexibility index (Phi) is 3.50. The first-order chi connectivity index (χ1) is 9.15. The normalized spacial score (nSPS) is 39.0. The molecule has 0 radical (unpaired) electrons.